The lowest BCUT2D eigenvalue weighted by atomic mass is 9.50. The molecule has 0 radical (unpaired) electrons. The molecule has 29 heavy (non-hydrogen) atoms. The second-order valence-electron chi connectivity index (χ2n) is 7.88. The Bertz CT molecular complexity index is 924. The van der Waals surface area contributed by atoms with Gasteiger partial charge in [0.1, 0.15) is 23.6 Å². The summed E-state index contributed by atoms with van der Waals surface area (Å²) in [5.41, 5.74) is -1.09. The van der Waals surface area contributed by atoms with E-state index in [0.29, 0.717) is 16.7 Å². The molecule has 1 aliphatic carbocycles. The third-order valence-electron chi connectivity index (χ3n) is 6.34. The Hall–Kier alpha value is -2.22. The van der Waals surface area contributed by atoms with Gasteiger partial charge in [-0.3, -0.25) is 0 Å². The molecule has 6 N–H and O–H groups in total. The van der Waals surface area contributed by atoms with E-state index < -0.39 is 41.7 Å². The van der Waals surface area contributed by atoms with E-state index in [-0.39, 0.29) is 0 Å². The van der Waals surface area contributed by atoms with E-state index in [1.54, 1.807) is 43.3 Å². The van der Waals surface area contributed by atoms with Crippen LogP contribution in [0.1, 0.15) is 35.1 Å². The van der Waals surface area contributed by atoms with E-state index in [2.05, 4.69) is 0 Å². The largest absolute Gasteiger partial charge is 0.509 e. The van der Waals surface area contributed by atoms with Crippen molar-refractivity contribution < 1.29 is 30.6 Å². The highest BCUT2D eigenvalue weighted by atomic mass is 16.4. The van der Waals surface area contributed by atoms with Crippen LogP contribution < -0.4 is 0 Å². The molecule has 0 aromatic heterocycles. The molecule has 3 rings (SSSR count). The molecule has 2 aromatic rings. The summed E-state index contributed by atoms with van der Waals surface area (Å²) in [5, 5.41) is 63.9. The molecule has 1 aliphatic rings. The molecule has 2 aromatic carbocycles. The summed E-state index contributed by atoms with van der Waals surface area (Å²) in [7, 11) is 0. The number of hydrogen-bond donors (Lipinski definition) is 6. The van der Waals surface area contributed by atoms with Crippen LogP contribution in [0.4, 0.5) is 0 Å². The fraction of sp³-hybridized carbons (Fsp3) is 0.391. The predicted octanol–water partition coefficient (Wildman–Crippen LogP) is 1.57. The quantitative estimate of drug-likeness (QED) is 0.424. The molecule has 0 aliphatic heterocycles. The molecule has 1 saturated carbocycles. The second kappa shape index (κ2) is 7.55. The number of aliphatic hydroxyl groups is 6. The minimum Gasteiger partial charge on any atom is -0.509 e. The van der Waals surface area contributed by atoms with Crippen molar-refractivity contribution in [2.24, 2.45) is 0 Å². The van der Waals surface area contributed by atoms with Crippen molar-refractivity contribution in [3.63, 3.8) is 0 Å². The second-order valence-corrected chi connectivity index (χ2v) is 7.88. The first kappa shape index (κ1) is 21.5. The highest BCUT2D eigenvalue weighted by molar-refractivity contribution is 5.71. The molecule has 1 fully saturated rings. The van der Waals surface area contributed by atoms with Crippen LogP contribution in [-0.2, 0) is 0 Å². The van der Waals surface area contributed by atoms with Crippen molar-refractivity contribution in [1.82, 2.24) is 0 Å². The van der Waals surface area contributed by atoms with Crippen LogP contribution in [0.5, 0.6) is 0 Å². The van der Waals surface area contributed by atoms with Gasteiger partial charge in [-0.1, -0.05) is 48.5 Å². The number of aliphatic hydroxyl groups excluding tert-OH is 4. The Morgan fingerprint density at radius 3 is 2.24 bits per heavy atom. The zero-order valence-corrected chi connectivity index (χ0v) is 16.7. The van der Waals surface area contributed by atoms with Crippen LogP contribution in [0.25, 0.3) is 5.57 Å². The minimum atomic E-state index is -2.24. The van der Waals surface area contributed by atoms with Gasteiger partial charge in [-0.25, -0.2) is 0 Å². The zero-order chi connectivity index (χ0) is 21.6. The molecule has 1 unspecified atom stereocenters. The van der Waals surface area contributed by atoms with Crippen molar-refractivity contribution in [2.45, 2.75) is 50.1 Å². The molecular weight excluding hydrogens is 372 g/mol. The molecule has 0 saturated heterocycles. The van der Waals surface area contributed by atoms with Crippen molar-refractivity contribution in [2.75, 3.05) is 6.61 Å². The monoisotopic (exact) mass is 400 g/mol. The van der Waals surface area contributed by atoms with Gasteiger partial charge in [0.25, 0.3) is 0 Å². The predicted molar refractivity (Wildman–Crippen MR) is 109 cm³/mol. The summed E-state index contributed by atoms with van der Waals surface area (Å²) in [6, 6.07) is 13.9. The molecule has 156 valence electrons. The standard InChI is InChI=1S/C23H28O6/c1-13-8-7-11-17(14(13)2)15(3)20(26)23(29)19(16-9-5-4-6-10-16)22(28,21(23)27)18(25)12-24/h4-11,18-19,21,24-29H,12H2,1-3H3/t18-,19?,21+,22+,23+/m1/s1. The number of rotatable bonds is 5. The van der Waals surface area contributed by atoms with Crippen molar-refractivity contribution in [3.8, 4) is 0 Å². The number of benzene rings is 2. The molecular formula is C23H28O6. The average Bonchev–Trinajstić information content (AvgIpc) is 2.74. The maximum Gasteiger partial charge on any atom is 0.160 e. The summed E-state index contributed by atoms with van der Waals surface area (Å²) < 4.78 is 0. The lowest BCUT2D eigenvalue weighted by Crippen LogP contribution is -2.80. The minimum absolute atomic E-state index is 0.356. The molecule has 0 spiro atoms. The van der Waals surface area contributed by atoms with E-state index in [1.807, 2.05) is 26.0 Å². The van der Waals surface area contributed by atoms with Gasteiger partial charge in [0.2, 0.25) is 0 Å². The molecule has 5 atom stereocenters. The molecule has 6 nitrogen and oxygen atoms in total. The van der Waals surface area contributed by atoms with Gasteiger partial charge in [-0.2, -0.15) is 0 Å². The van der Waals surface area contributed by atoms with E-state index in [0.717, 1.165) is 11.1 Å². The van der Waals surface area contributed by atoms with E-state index >= 15 is 0 Å². The summed E-state index contributed by atoms with van der Waals surface area (Å²) in [4.78, 5) is 0. The van der Waals surface area contributed by atoms with Gasteiger partial charge in [0.05, 0.1) is 12.5 Å². The summed E-state index contributed by atoms with van der Waals surface area (Å²) in [5.74, 6) is -1.74. The topological polar surface area (TPSA) is 121 Å². The third-order valence-corrected chi connectivity index (χ3v) is 6.34. The lowest BCUT2D eigenvalue weighted by molar-refractivity contribution is -0.313. The molecule has 0 amide bonds. The average molecular weight is 400 g/mol. The van der Waals surface area contributed by atoms with Crippen LogP contribution >= 0.6 is 0 Å². The highest BCUT2D eigenvalue weighted by Gasteiger charge is 2.75. The molecule has 0 bridgehead atoms. The number of hydrogen-bond acceptors (Lipinski definition) is 6. The lowest BCUT2D eigenvalue weighted by Gasteiger charge is -2.62. The van der Waals surface area contributed by atoms with Crippen LogP contribution in [-0.4, -0.2) is 60.7 Å². The smallest absolute Gasteiger partial charge is 0.160 e. The Kier molecular flexibility index (Phi) is 5.60. The Morgan fingerprint density at radius 2 is 1.66 bits per heavy atom. The fourth-order valence-corrected chi connectivity index (χ4v) is 4.46. The van der Waals surface area contributed by atoms with Crippen molar-refractivity contribution in [3.05, 3.63) is 76.5 Å². The summed E-state index contributed by atoms with van der Waals surface area (Å²) in [6.07, 6.45) is -3.63. The van der Waals surface area contributed by atoms with Gasteiger partial charge < -0.3 is 30.6 Å². The fourth-order valence-electron chi connectivity index (χ4n) is 4.46. The third kappa shape index (κ3) is 2.99. The van der Waals surface area contributed by atoms with Gasteiger partial charge in [0.15, 0.2) is 5.60 Å². The Labute approximate surface area is 170 Å². The van der Waals surface area contributed by atoms with Crippen LogP contribution in [0, 0.1) is 13.8 Å². The number of allylic oxidation sites excluding steroid dienone is 1. The SMILES string of the molecule is CC(=C(O)[C@@]1(O)C(c2ccccc2)[C@@](O)([C@H](O)CO)[C@@H]1O)c1cccc(C)c1C. The Morgan fingerprint density at radius 1 is 1.03 bits per heavy atom. The summed E-state index contributed by atoms with van der Waals surface area (Å²) in [6.45, 7) is 4.64. The maximum absolute atomic E-state index is 11.4. The van der Waals surface area contributed by atoms with E-state index in [9.17, 15) is 30.6 Å². The highest BCUT2D eigenvalue weighted by Crippen LogP contribution is 2.58. The van der Waals surface area contributed by atoms with Gasteiger partial charge in [-0.05, 0) is 48.6 Å². The van der Waals surface area contributed by atoms with Gasteiger partial charge in [0, 0.05) is 0 Å². The molecule has 0 heterocycles. The first-order chi connectivity index (χ1) is 13.6. The Balaban J connectivity index is 2.19. The first-order valence-electron chi connectivity index (χ1n) is 9.55. The number of aryl methyl sites for hydroxylation is 1. The first-order valence-corrected chi connectivity index (χ1v) is 9.55. The zero-order valence-electron chi connectivity index (χ0n) is 16.7. The maximum atomic E-state index is 11.4. The van der Waals surface area contributed by atoms with Crippen molar-refractivity contribution in [1.29, 1.82) is 0 Å². The van der Waals surface area contributed by atoms with Crippen LogP contribution in [0.15, 0.2) is 54.3 Å². The van der Waals surface area contributed by atoms with Gasteiger partial charge >= 0.3 is 0 Å². The van der Waals surface area contributed by atoms with E-state index in [1.165, 1.54) is 0 Å². The van der Waals surface area contributed by atoms with Crippen LogP contribution in [0.2, 0.25) is 0 Å². The van der Waals surface area contributed by atoms with Gasteiger partial charge in [-0.15, -0.1) is 0 Å². The molecule has 6 heteroatoms. The van der Waals surface area contributed by atoms with Crippen molar-refractivity contribution >= 4 is 5.57 Å². The normalized spacial score (nSPS) is 31.0. The summed E-state index contributed by atoms with van der Waals surface area (Å²) >= 11 is 0. The van der Waals surface area contributed by atoms with E-state index in [4.69, 9.17) is 0 Å². The van der Waals surface area contributed by atoms with Crippen LogP contribution in [0.3, 0.4) is 0 Å².